The van der Waals surface area contributed by atoms with Crippen LogP contribution in [0, 0.1) is 5.92 Å². The van der Waals surface area contributed by atoms with Gasteiger partial charge in [-0.2, -0.15) is 4.31 Å². The van der Waals surface area contributed by atoms with E-state index in [-0.39, 0.29) is 29.7 Å². The van der Waals surface area contributed by atoms with E-state index >= 15 is 4.39 Å². The lowest BCUT2D eigenvalue weighted by molar-refractivity contribution is 0.135. The Hall–Kier alpha value is -2.27. The highest BCUT2D eigenvalue weighted by Gasteiger charge is 2.48. The molecule has 3 aliphatic rings. The molecule has 1 aromatic heterocycles. The molecule has 33 heavy (non-hydrogen) atoms. The second-order valence-electron chi connectivity index (χ2n) is 9.29. The number of phenolic OH excluding ortho intramolecular Hbond substituents is 1. The van der Waals surface area contributed by atoms with E-state index in [4.69, 9.17) is 0 Å². The molecule has 0 amide bonds. The number of hydrazine groups is 1. The summed E-state index contributed by atoms with van der Waals surface area (Å²) in [4.78, 5) is 7.87. The highest BCUT2D eigenvalue weighted by Crippen LogP contribution is 2.45. The number of nitrogens with one attached hydrogen (secondary N) is 3. The number of aromatic nitrogens is 2. The van der Waals surface area contributed by atoms with E-state index in [1.807, 2.05) is 19.1 Å². The first-order valence-corrected chi connectivity index (χ1v) is 13.3. The lowest BCUT2D eigenvalue weighted by Crippen LogP contribution is -2.45. The van der Waals surface area contributed by atoms with Crippen molar-refractivity contribution in [3.8, 4) is 5.75 Å². The number of aromatic hydroxyl groups is 1. The summed E-state index contributed by atoms with van der Waals surface area (Å²) >= 11 is 0. The molecule has 2 aliphatic heterocycles. The number of sulfonamides is 1. The maximum Gasteiger partial charge on any atom is 0.211 e. The molecule has 5 atom stereocenters. The molecule has 1 saturated carbocycles. The van der Waals surface area contributed by atoms with Gasteiger partial charge in [0.05, 0.1) is 30.2 Å². The number of benzene rings is 1. The summed E-state index contributed by atoms with van der Waals surface area (Å²) in [7, 11) is -3.24. The predicted molar refractivity (Wildman–Crippen MR) is 124 cm³/mol. The summed E-state index contributed by atoms with van der Waals surface area (Å²) < 4.78 is 40.7. The number of H-pyrrole nitrogens is 1. The number of hydrogen-bond acceptors (Lipinski definition) is 6. The average Bonchev–Trinajstić information content (AvgIpc) is 3.52. The standard InChI is InChI=1S/C23H30FN5O3S/c1-3-13-10-15(30)4-5-16(13)17-6-7-18-21(20(17)24)27-28-22(18)23-25-11-19(26-23)14-8-9-29(12-14)33(2,31)32/h4-5,8,10-11,17-18,20-22,27-28,30H,3,6-7,9,12H2,1-2H3,(H,25,26). The molecule has 10 heteroatoms. The maximum absolute atomic E-state index is 15.7. The van der Waals surface area contributed by atoms with Crippen molar-refractivity contribution in [1.29, 1.82) is 0 Å². The minimum atomic E-state index is -3.24. The number of alkyl halides is 1. The number of aryl methyl sites for hydroxylation is 1. The van der Waals surface area contributed by atoms with Gasteiger partial charge in [-0.1, -0.05) is 19.1 Å². The van der Waals surface area contributed by atoms with Gasteiger partial charge in [0, 0.05) is 24.9 Å². The van der Waals surface area contributed by atoms with Crippen molar-refractivity contribution in [2.24, 2.45) is 5.92 Å². The van der Waals surface area contributed by atoms with Gasteiger partial charge in [0.15, 0.2) is 0 Å². The van der Waals surface area contributed by atoms with Gasteiger partial charge in [0.1, 0.15) is 17.7 Å². The van der Waals surface area contributed by atoms with Crippen LogP contribution in [0.2, 0.25) is 0 Å². The SMILES string of the molecule is CCc1cc(O)ccc1C1CCC2C(c3ncc(C4=CCN(S(C)(=O)=O)C4)[nH]3)NNC2C1F. The van der Waals surface area contributed by atoms with Gasteiger partial charge in [-0.3, -0.25) is 5.43 Å². The molecule has 2 fully saturated rings. The van der Waals surface area contributed by atoms with Crippen LogP contribution in [0.5, 0.6) is 5.75 Å². The minimum Gasteiger partial charge on any atom is -0.508 e. The van der Waals surface area contributed by atoms with Crippen LogP contribution in [0.1, 0.15) is 54.4 Å². The second kappa shape index (κ2) is 8.50. The van der Waals surface area contributed by atoms with Crippen molar-refractivity contribution < 1.29 is 17.9 Å². The highest BCUT2D eigenvalue weighted by molar-refractivity contribution is 7.88. The summed E-state index contributed by atoms with van der Waals surface area (Å²) in [5, 5.41) is 9.82. The van der Waals surface area contributed by atoms with Gasteiger partial charge in [-0.15, -0.1) is 0 Å². The Kier molecular flexibility index (Phi) is 5.80. The lowest BCUT2D eigenvalue weighted by Gasteiger charge is -2.36. The molecule has 5 unspecified atom stereocenters. The third-order valence-electron chi connectivity index (χ3n) is 7.33. The maximum atomic E-state index is 15.7. The Morgan fingerprint density at radius 3 is 2.82 bits per heavy atom. The van der Waals surface area contributed by atoms with Gasteiger partial charge in [-0.05, 0) is 48.1 Å². The normalized spacial score (nSPS) is 30.4. The zero-order valence-corrected chi connectivity index (χ0v) is 19.6. The molecular formula is C23H30FN5O3S. The van der Waals surface area contributed by atoms with Gasteiger partial charge >= 0.3 is 0 Å². The summed E-state index contributed by atoms with van der Waals surface area (Å²) in [6, 6.07) is 4.75. The number of fused-ring (bicyclic) bond motifs is 1. The quantitative estimate of drug-likeness (QED) is 0.529. The molecule has 0 bridgehead atoms. The lowest BCUT2D eigenvalue weighted by atomic mass is 9.71. The van der Waals surface area contributed by atoms with Gasteiger partial charge in [0.25, 0.3) is 0 Å². The number of phenols is 1. The van der Waals surface area contributed by atoms with Crippen LogP contribution in [0.15, 0.2) is 30.5 Å². The zero-order chi connectivity index (χ0) is 23.3. The first-order valence-electron chi connectivity index (χ1n) is 11.4. The molecule has 4 N–H and O–H groups in total. The summed E-state index contributed by atoms with van der Waals surface area (Å²) in [5.41, 5.74) is 10.1. The summed E-state index contributed by atoms with van der Waals surface area (Å²) in [6.45, 7) is 2.70. The van der Waals surface area contributed by atoms with Crippen LogP contribution < -0.4 is 10.9 Å². The van der Waals surface area contributed by atoms with Crippen LogP contribution in [-0.2, 0) is 16.4 Å². The number of hydrogen-bond donors (Lipinski definition) is 4. The summed E-state index contributed by atoms with van der Waals surface area (Å²) in [5.74, 6) is 0.773. The fourth-order valence-corrected chi connectivity index (χ4v) is 6.26. The highest BCUT2D eigenvalue weighted by atomic mass is 32.2. The number of nitrogens with zero attached hydrogens (tertiary/aromatic N) is 2. The van der Waals surface area contributed by atoms with Crippen LogP contribution in [0.4, 0.5) is 4.39 Å². The molecule has 5 rings (SSSR count). The molecule has 1 aliphatic carbocycles. The number of rotatable bonds is 5. The number of imidazole rings is 1. The van der Waals surface area contributed by atoms with E-state index in [0.29, 0.717) is 13.1 Å². The zero-order valence-electron chi connectivity index (χ0n) is 18.8. The van der Waals surface area contributed by atoms with E-state index in [9.17, 15) is 13.5 Å². The largest absolute Gasteiger partial charge is 0.508 e. The fourth-order valence-electron chi connectivity index (χ4n) is 5.55. The molecule has 0 spiro atoms. The van der Waals surface area contributed by atoms with Crippen LogP contribution in [0.25, 0.3) is 5.57 Å². The number of halogens is 1. The predicted octanol–water partition coefficient (Wildman–Crippen LogP) is 2.39. The Bertz CT molecular complexity index is 1180. The Balaban J connectivity index is 1.31. The van der Waals surface area contributed by atoms with Crippen LogP contribution in [0.3, 0.4) is 0 Å². The third kappa shape index (κ3) is 4.09. The molecule has 178 valence electrons. The van der Waals surface area contributed by atoms with E-state index in [1.165, 1.54) is 10.6 Å². The molecule has 3 heterocycles. The molecule has 0 radical (unpaired) electrons. The van der Waals surface area contributed by atoms with Crippen molar-refractivity contribution in [1.82, 2.24) is 25.1 Å². The van der Waals surface area contributed by atoms with E-state index in [1.54, 1.807) is 18.3 Å². The Morgan fingerprint density at radius 2 is 2.09 bits per heavy atom. The molecule has 2 aromatic rings. The van der Waals surface area contributed by atoms with E-state index in [0.717, 1.165) is 47.5 Å². The molecular weight excluding hydrogens is 445 g/mol. The first-order chi connectivity index (χ1) is 15.8. The van der Waals surface area contributed by atoms with Crippen molar-refractivity contribution in [3.05, 3.63) is 53.1 Å². The Labute approximate surface area is 193 Å². The summed E-state index contributed by atoms with van der Waals surface area (Å²) in [6.07, 6.45) is 6.08. The molecule has 1 aromatic carbocycles. The monoisotopic (exact) mass is 475 g/mol. The first kappa shape index (κ1) is 22.5. The van der Waals surface area contributed by atoms with Gasteiger partial charge in [-0.25, -0.2) is 23.2 Å². The van der Waals surface area contributed by atoms with Crippen molar-refractivity contribution in [2.45, 2.75) is 50.4 Å². The van der Waals surface area contributed by atoms with Gasteiger partial charge in [0.2, 0.25) is 10.0 Å². The fraction of sp³-hybridized carbons (Fsp3) is 0.522. The minimum absolute atomic E-state index is 0.0440. The smallest absolute Gasteiger partial charge is 0.211 e. The second-order valence-corrected chi connectivity index (χ2v) is 11.3. The topological polar surface area (TPSA) is 110 Å². The van der Waals surface area contributed by atoms with Crippen molar-refractivity contribution in [3.63, 3.8) is 0 Å². The van der Waals surface area contributed by atoms with E-state index in [2.05, 4.69) is 20.8 Å². The molecule has 8 nitrogen and oxygen atoms in total. The van der Waals surface area contributed by atoms with Gasteiger partial charge < -0.3 is 10.1 Å². The molecule has 1 saturated heterocycles. The number of aromatic amines is 1. The van der Waals surface area contributed by atoms with Crippen molar-refractivity contribution in [2.75, 3.05) is 19.3 Å². The van der Waals surface area contributed by atoms with Crippen LogP contribution in [-0.4, -0.2) is 59.4 Å². The van der Waals surface area contributed by atoms with Crippen LogP contribution >= 0.6 is 0 Å². The Morgan fingerprint density at radius 1 is 1.27 bits per heavy atom. The van der Waals surface area contributed by atoms with Crippen molar-refractivity contribution >= 4 is 15.6 Å². The average molecular weight is 476 g/mol. The van der Waals surface area contributed by atoms with E-state index < -0.39 is 16.2 Å². The third-order valence-corrected chi connectivity index (χ3v) is 8.55.